The van der Waals surface area contributed by atoms with Crippen molar-refractivity contribution in [2.24, 2.45) is 7.05 Å². The molecule has 0 saturated carbocycles. The first-order valence-corrected chi connectivity index (χ1v) is 11.8. The van der Waals surface area contributed by atoms with E-state index in [2.05, 4.69) is 5.32 Å². The lowest BCUT2D eigenvalue weighted by Crippen LogP contribution is -2.37. The van der Waals surface area contributed by atoms with E-state index in [1.807, 2.05) is 13.8 Å². The average Bonchev–Trinajstić information content (AvgIpc) is 2.92. The predicted octanol–water partition coefficient (Wildman–Crippen LogP) is 2.79. The summed E-state index contributed by atoms with van der Waals surface area (Å²) in [5.41, 5.74) is 1.59. The molecular formula is C20H23N3O5S2. The lowest BCUT2D eigenvalue weighted by Gasteiger charge is -2.22. The van der Waals surface area contributed by atoms with Gasteiger partial charge in [0.1, 0.15) is 12.3 Å². The Morgan fingerprint density at radius 1 is 1.23 bits per heavy atom. The van der Waals surface area contributed by atoms with Crippen molar-refractivity contribution in [2.75, 3.05) is 22.4 Å². The molecule has 0 unspecified atom stereocenters. The third-order valence-corrected chi connectivity index (χ3v) is 6.38. The smallest absolute Gasteiger partial charge is 0.307 e. The van der Waals surface area contributed by atoms with E-state index in [0.29, 0.717) is 17.1 Å². The lowest BCUT2D eigenvalue weighted by atomic mass is 10.3. The number of amides is 1. The molecule has 0 fully saturated rings. The van der Waals surface area contributed by atoms with Crippen LogP contribution in [-0.4, -0.2) is 37.8 Å². The van der Waals surface area contributed by atoms with Gasteiger partial charge in [-0.25, -0.2) is 8.42 Å². The molecule has 1 heterocycles. The molecule has 0 aliphatic heterocycles. The standard InChI is InChI=1S/C20H23N3O5S2/c1-13(2)28-16-7-5-6-15(11-16)23(30(4,26)27)12-19(24)21-14-8-9-17-18(10-14)29-20(25)22(17)3/h5-11,13H,12H2,1-4H3,(H,21,24). The minimum atomic E-state index is -3.71. The summed E-state index contributed by atoms with van der Waals surface area (Å²) in [5, 5.41) is 2.70. The van der Waals surface area contributed by atoms with E-state index >= 15 is 0 Å². The highest BCUT2D eigenvalue weighted by Crippen LogP contribution is 2.25. The highest BCUT2D eigenvalue weighted by molar-refractivity contribution is 7.92. The van der Waals surface area contributed by atoms with Gasteiger partial charge in [-0.2, -0.15) is 0 Å². The van der Waals surface area contributed by atoms with Crippen molar-refractivity contribution >= 4 is 48.9 Å². The van der Waals surface area contributed by atoms with Gasteiger partial charge in [-0.05, 0) is 44.2 Å². The second-order valence-electron chi connectivity index (χ2n) is 7.09. The monoisotopic (exact) mass is 449 g/mol. The van der Waals surface area contributed by atoms with Crippen molar-refractivity contribution in [2.45, 2.75) is 20.0 Å². The molecule has 8 nitrogen and oxygen atoms in total. The fourth-order valence-electron chi connectivity index (χ4n) is 2.93. The first-order chi connectivity index (χ1) is 14.0. The molecule has 0 spiro atoms. The molecule has 0 aliphatic carbocycles. The summed E-state index contributed by atoms with van der Waals surface area (Å²) in [5.74, 6) is 0.0132. The summed E-state index contributed by atoms with van der Waals surface area (Å²) in [6.07, 6.45) is 0.975. The van der Waals surface area contributed by atoms with E-state index in [4.69, 9.17) is 4.74 Å². The van der Waals surface area contributed by atoms with E-state index in [0.717, 1.165) is 32.1 Å². The molecule has 1 aromatic heterocycles. The van der Waals surface area contributed by atoms with Crippen molar-refractivity contribution in [1.82, 2.24) is 4.57 Å². The number of thiazole rings is 1. The fraction of sp³-hybridized carbons (Fsp3) is 0.300. The van der Waals surface area contributed by atoms with E-state index in [1.54, 1.807) is 49.5 Å². The molecule has 3 rings (SSSR count). The lowest BCUT2D eigenvalue weighted by molar-refractivity contribution is -0.114. The van der Waals surface area contributed by atoms with Crippen LogP contribution in [0, 0.1) is 0 Å². The minimum absolute atomic E-state index is 0.0705. The summed E-state index contributed by atoms with van der Waals surface area (Å²) in [4.78, 5) is 24.3. The van der Waals surface area contributed by atoms with Gasteiger partial charge in [-0.3, -0.25) is 13.9 Å². The topological polar surface area (TPSA) is 97.7 Å². The fourth-order valence-corrected chi connectivity index (χ4v) is 4.69. The quantitative estimate of drug-likeness (QED) is 0.598. The van der Waals surface area contributed by atoms with Crippen molar-refractivity contribution < 1.29 is 17.9 Å². The number of aromatic nitrogens is 1. The number of sulfonamides is 1. The normalized spacial score (nSPS) is 11.6. The van der Waals surface area contributed by atoms with Crippen molar-refractivity contribution in [3.8, 4) is 5.75 Å². The largest absolute Gasteiger partial charge is 0.491 e. The maximum Gasteiger partial charge on any atom is 0.307 e. The number of nitrogens with zero attached hydrogens (tertiary/aromatic N) is 2. The minimum Gasteiger partial charge on any atom is -0.491 e. The Kier molecular flexibility index (Phi) is 6.18. The number of carbonyl (C=O) groups excluding carboxylic acids is 1. The molecule has 160 valence electrons. The summed E-state index contributed by atoms with van der Waals surface area (Å²) >= 11 is 1.08. The highest BCUT2D eigenvalue weighted by atomic mass is 32.2. The summed E-state index contributed by atoms with van der Waals surface area (Å²) in [7, 11) is -2.03. The third-order valence-electron chi connectivity index (χ3n) is 4.24. The van der Waals surface area contributed by atoms with E-state index in [1.165, 1.54) is 4.57 Å². The Balaban J connectivity index is 1.82. The second kappa shape index (κ2) is 8.49. The maximum absolute atomic E-state index is 12.6. The Hall–Kier alpha value is -2.85. The summed E-state index contributed by atoms with van der Waals surface area (Å²) in [6.45, 7) is 3.34. The average molecular weight is 450 g/mol. The Morgan fingerprint density at radius 3 is 2.63 bits per heavy atom. The zero-order chi connectivity index (χ0) is 22.1. The maximum atomic E-state index is 12.6. The van der Waals surface area contributed by atoms with Gasteiger partial charge in [0.25, 0.3) is 0 Å². The number of hydrogen-bond acceptors (Lipinski definition) is 6. The van der Waals surface area contributed by atoms with Crippen LogP contribution in [0.2, 0.25) is 0 Å². The summed E-state index contributed by atoms with van der Waals surface area (Å²) < 4.78 is 33.6. The number of aryl methyl sites for hydroxylation is 1. The van der Waals surface area contributed by atoms with Gasteiger partial charge in [0.05, 0.1) is 28.3 Å². The van der Waals surface area contributed by atoms with Crippen LogP contribution in [0.25, 0.3) is 10.2 Å². The number of nitrogens with one attached hydrogen (secondary N) is 1. The van der Waals surface area contributed by atoms with Crippen molar-refractivity contribution in [3.05, 3.63) is 52.1 Å². The molecule has 10 heteroatoms. The van der Waals surface area contributed by atoms with Gasteiger partial charge in [0, 0.05) is 18.8 Å². The van der Waals surface area contributed by atoms with Crippen LogP contribution in [0.5, 0.6) is 5.75 Å². The van der Waals surface area contributed by atoms with E-state index in [9.17, 15) is 18.0 Å². The Bertz CT molecular complexity index is 1240. The van der Waals surface area contributed by atoms with Crippen LogP contribution in [0.15, 0.2) is 47.3 Å². The van der Waals surface area contributed by atoms with Crippen LogP contribution >= 0.6 is 11.3 Å². The van der Waals surface area contributed by atoms with E-state index < -0.39 is 22.5 Å². The van der Waals surface area contributed by atoms with Crippen LogP contribution < -0.4 is 19.2 Å². The van der Waals surface area contributed by atoms with E-state index in [-0.39, 0.29) is 11.0 Å². The molecule has 3 aromatic rings. The molecule has 2 aromatic carbocycles. The number of fused-ring (bicyclic) bond motifs is 1. The predicted molar refractivity (Wildman–Crippen MR) is 120 cm³/mol. The number of ether oxygens (including phenoxy) is 1. The molecule has 0 atom stereocenters. The van der Waals surface area contributed by atoms with Crippen LogP contribution in [0.1, 0.15) is 13.8 Å². The molecule has 0 bridgehead atoms. The molecule has 1 N–H and O–H groups in total. The zero-order valence-corrected chi connectivity index (χ0v) is 18.7. The Labute approximate surface area is 178 Å². The van der Waals surface area contributed by atoms with Gasteiger partial charge in [-0.1, -0.05) is 17.4 Å². The van der Waals surface area contributed by atoms with Gasteiger partial charge < -0.3 is 14.6 Å². The number of hydrogen-bond donors (Lipinski definition) is 1. The number of anilines is 2. The molecule has 30 heavy (non-hydrogen) atoms. The summed E-state index contributed by atoms with van der Waals surface area (Å²) in [6, 6.07) is 11.7. The first kappa shape index (κ1) is 21.8. The van der Waals surface area contributed by atoms with Gasteiger partial charge in [0.15, 0.2) is 0 Å². The van der Waals surface area contributed by atoms with Crippen LogP contribution in [-0.2, 0) is 21.9 Å². The van der Waals surface area contributed by atoms with Crippen LogP contribution in [0.4, 0.5) is 11.4 Å². The molecule has 0 aliphatic rings. The van der Waals surface area contributed by atoms with Crippen LogP contribution in [0.3, 0.4) is 0 Å². The van der Waals surface area contributed by atoms with Gasteiger partial charge in [-0.15, -0.1) is 0 Å². The van der Waals surface area contributed by atoms with Crippen molar-refractivity contribution in [3.63, 3.8) is 0 Å². The molecular weight excluding hydrogens is 426 g/mol. The first-order valence-electron chi connectivity index (χ1n) is 9.18. The highest BCUT2D eigenvalue weighted by Gasteiger charge is 2.21. The number of benzene rings is 2. The molecule has 1 amide bonds. The SMILES string of the molecule is CC(C)Oc1cccc(N(CC(=O)Nc2ccc3c(c2)sc(=O)n3C)S(C)(=O)=O)c1. The molecule has 0 saturated heterocycles. The third kappa shape index (κ3) is 5.00. The second-order valence-corrected chi connectivity index (χ2v) is 9.99. The Morgan fingerprint density at radius 2 is 1.97 bits per heavy atom. The van der Waals surface area contributed by atoms with Gasteiger partial charge >= 0.3 is 4.87 Å². The zero-order valence-electron chi connectivity index (χ0n) is 17.1. The molecule has 0 radical (unpaired) electrons. The van der Waals surface area contributed by atoms with Crippen molar-refractivity contribution in [1.29, 1.82) is 0 Å². The number of rotatable bonds is 7. The number of carbonyl (C=O) groups is 1. The van der Waals surface area contributed by atoms with Gasteiger partial charge in [0.2, 0.25) is 15.9 Å².